The number of fused-ring (bicyclic) bond motifs is 1. The Morgan fingerprint density at radius 2 is 2.09 bits per heavy atom. The highest BCUT2D eigenvalue weighted by Gasteiger charge is 2.21. The predicted molar refractivity (Wildman–Crippen MR) is 132 cm³/mol. The molecule has 8 heteroatoms. The lowest BCUT2D eigenvalue weighted by Crippen LogP contribution is -2.36. The van der Waals surface area contributed by atoms with Crippen molar-refractivity contribution in [3.8, 4) is 0 Å². The summed E-state index contributed by atoms with van der Waals surface area (Å²) in [6.45, 7) is 6.82. The first kappa shape index (κ1) is 22.7. The highest BCUT2D eigenvalue weighted by atomic mass is 16.1. The van der Waals surface area contributed by atoms with E-state index in [9.17, 15) is 4.79 Å². The summed E-state index contributed by atoms with van der Waals surface area (Å²) in [5.41, 5.74) is 10.4. The minimum Gasteiger partial charge on any atom is -0.382 e. The van der Waals surface area contributed by atoms with Crippen LogP contribution < -0.4 is 16.4 Å². The number of allylic oxidation sites excluding steroid dienone is 3. The zero-order valence-corrected chi connectivity index (χ0v) is 19.4. The Bertz CT molecular complexity index is 1200. The van der Waals surface area contributed by atoms with Crippen molar-refractivity contribution >= 4 is 28.6 Å². The largest absolute Gasteiger partial charge is 0.382 e. The molecule has 1 unspecified atom stereocenters. The van der Waals surface area contributed by atoms with Crippen LogP contribution >= 0.6 is 0 Å². The second-order valence-electron chi connectivity index (χ2n) is 8.56. The second kappa shape index (κ2) is 9.95. The number of amides is 1. The molecule has 0 aromatic carbocycles. The van der Waals surface area contributed by atoms with Crippen molar-refractivity contribution in [1.82, 2.24) is 24.7 Å². The molecule has 172 valence electrons. The summed E-state index contributed by atoms with van der Waals surface area (Å²) in [6.07, 6.45) is 11.6. The number of nitrogens with two attached hydrogens (primary N) is 1. The van der Waals surface area contributed by atoms with Gasteiger partial charge in [0.25, 0.3) is 5.91 Å². The van der Waals surface area contributed by atoms with E-state index < -0.39 is 0 Å². The van der Waals surface area contributed by atoms with Crippen LogP contribution in [0.4, 0.5) is 11.6 Å². The van der Waals surface area contributed by atoms with Crippen molar-refractivity contribution in [3.63, 3.8) is 0 Å². The number of imidazole rings is 1. The first-order valence-corrected chi connectivity index (χ1v) is 11.4. The molecule has 0 aliphatic carbocycles. The summed E-state index contributed by atoms with van der Waals surface area (Å²) in [7, 11) is 0. The van der Waals surface area contributed by atoms with Gasteiger partial charge in [-0.2, -0.15) is 0 Å². The van der Waals surface area contributed by atoms with Crippen molar-refractivity contribution in [2.24, 2.45) is 0 Å². The maximum Gasteiger partial charge on any atom is 0.252 e. The van der Waals surface area contributed by atoms with Gasteiger partial charge in [-0.05, 0) is 63.4 Å². The average Bonchev–Trinajstić information content (AvgIpc) is 3.19. The van der Waals surface area contributed by atoms with Crippen molar-refractivity contribution in [2.75, 3.05) is 17.6 Å². The maximum atomic E-state index is 12.6. The monoisotopic (exact) mass is 445 g/mol. The molecule has 33 heavy (non-hydrogen) atoms. The third-order valence-corrected chi connectivity index (χ3v) is 6.14. The number of aromatic nitrogens is 4. The van der Waals surface area contributed by atoms with Gasteiger partial charge in [-0.1, -0.05) is 18.6 Å². The van der Waals surface area contributed by atoms with Crippen LogP contribution in [0, 0.1) is 0 Å². The molecule has 1 amide bonds. The molecule has 4 heterocycles. The summed E-state index contributed by atoms with van der Waals surface area (Å²) in [4.78, 5) is 26.0. The molecule has 1 saturated heterocycles. The molecule has 0 bridgehead atoms. The molecule has 1 aliphatic heterocycles. The van der Waals surface area contributed by atoms with Gasteiger partial charge in [-0.3, -0.25) is 9.20 Å². The number of nitrogen functional groups attached to an aromatic ring is 1. The molecule has 3 aromatic rings. The van der Waals surface area contributed by atoms with Crippen molar-refractivity contribution in [3.05, 3.63) is 65.5 Å². The summed E-state index contributed by atoms with van der Waals surface area (Å²) in [5.74, 6) is 1.74. The highest BCUT2D eigenvalue weighted by molar-refractivity contribution is 6.03. The van der Waals surface area contributed by atoms with Crippen LogP contribution in [-0.2, 0) is 11.2 Å². The van der Waals surface area contributed by atoms with Gasteiger partial charge in [0.15, 0.2) is 0 Å². The quantitative estimate of drug-likeness (QED) is 0.394. The second-order valence-corrected chi connectivity index (χ2v) is 8.56. The Hall–Kier alpha value is -3.52. The van der Waals surface area contributed by atoms with E-state index in [4.69, 9.17) is 10.7 Å². The number of hydrogen-bond donors (Lipinski definition) is 3. The van der Waals surface area contributed by atoms with Crippen LogP contribution in [0.3, 0.4) is 0 Å². The van der Waals surface area contributed by atoms with Crippen LogP contribution in [-0.4, -0.2) is 37.8 Å². The molecule has 1 atom stereocenters. The smallest absolute Gasteiger partial charge is 0.252 e. The van der Waals surface area contributed by atoms with Gasteiger partial charge in [0.2, 0.25) is 0 Å². The average molecular weight is 446 g/mol. The fraction of sp³-hybridized carbons (Fsp3) is 0.360. The fourth-order valence-electron chi connectivity index (χ4n) is 4.19. The van der Waals surface area contributed by atoms with Crippen LogP contribution in [0.15, 0.2) is 54.0 Å². The first-order valence-electron chi connectivity index (χ1n) is 11.4. The number of pyridine rings is 1. The van der Waals surface area contributed by atoms with Crippen molar-refractivity contribution < 1.29 is 4.79 Å². The number of rotatable bonds is 6. The molecule has 0 saturated carbocycles. The molecule has 1 fully saturated rings. The number of nitrogens with zero attached hydrogens (tertiary/aromatic N) is 4. The number of hydrogen-bond acceptors (Lipinski definition) is 6. The molecular weight excluding hydrogens is 414 g/mol. The lowest BCUT2D eigenvalue weighted by Gasteiger charge is -2.22. The topological polar surface area (TPSA) is 110 Å². The van der Waals surface area contributed by atoms with Crippen LogP contribution in [0.1, 0.15) is 51.6 Å². The maximum absolute atomic E-state index is 12.6. The third kappa shape index (κ3) is 5.12. The van der Waals surface area contributed by atoms with Gasteiger partial charge >= 0.3 is 0 Å². The Labute approximate surface area is 194 Å². The highest BCUT2D eigenvalue weighted by Crippen LogP contribution is 2.28. The molecular formula is C25H31N7O. The number of piperidine rings is 1. The van der Waals surface area contributed by atoms with Gasteiger partial charge in [-0.15, -0.1) is 0 Å². The van der Waals surface area contributed by atoms with E-state index in [-0.39, 0.29) is 5.91 Å². The number of nitrogens with one attached hydrogen (secondary N) is 2. The summed E-state index contributed by atoms with van der Waals surface area (Å²) in [5, 5.41) is 6.41. The molecule has 8 nitrogen and oxygen atoms in total. The molecule has 1 aliphatic rings. The van der Waals surface area contributed by atoms with Gasteiger partial charge < -0.3 is 16.4 Å². The van der Waals surface area contributed by atoms with E-state index in [1.165, 1.54) is 12.8 Å². The Morgan fingerprint density at radius 1 is 1.24 bits per heavy atom. The number of carbonyl (C=O) groups is 1. The van der Waals surface area contributed by atoms with E-state index in [1.54, 1.807) is 25.4 Å². The van der Waals surface area contributed by atoms with E-state index in [0.29, 0.717) is 23.3 Å². The Morgan fingerprint density at radius 3 is 2.82 bits per heavy atom. The van der Waals surface area contributed by atoms with Crippen LogP contribution in [0.25, 0.3) is 11.1 Å². The van der Waals surface area contributed by atoms with Crippen LogP contribution in [0.2, 0.25) is 0 Å². The normalized spacial score (nSPS) is 17.7. The first-order chi connectivity index (χ1) is 15.9. The molecule has 4 N–H and O–H groups in total. The fourth-order valence-corrected chi connectivity index (χ4v) is 4.19. The molecule has 0 spiro atoms. The lowest BCUT2D eigenvalue weighted by atomic mass is 10.0. The van der Waals surface area contributed by atoms with Crippen molar-refractivity contribution in [2.45, 2.75) is 52.5 Å². The predicted octanol–water partition coefficient (Wildman–Crippen LogP) is 3.77. The molecule has 3 aromatic heterocycles. The SMILES string of the molecule is C/C(=C\C(C)=C(/C)c1nc(CC2CCCCN2)n2ccnc(N)c12)C(=O)Nc1ccccn1. The van der Waals surface area contributed by atoms with Gasteiger partial charge in [-0.25, -0.2) is 15.0 Å². The zero-order chi connectivity index (χ0) is 23.4. The standard InChI is InChI=1S/C25H31N7O/c1-16(14-17(2)25(33)30-20-9-5-7-11-28-20)18(3)22-23-24(26)29-12-13-32(23)21(31-22)15-19-8-4-6-10-27-19/h5,7,9,11-14,19,27H,4,6,8,10,15H2,1-3H3,(H2,26,29)(H,28,30,33)/b17-14+,18-16+. The van der Waals surface area contributed by atoms with Gasteiger partial charge in [0.05, 0.1) is 5.69 Å². The van der Waals surface area contributed by atoms with Gasteiger partial charge in [0, 0.05) is 36.6 Å². The van der Waals surface area contributed by atoms with Gasteiger partial charge in [0.1, 0.15) is 23.0 Å². The Kier molecular flexibility index (Phi) is 6.84. The minimum absolute atomic E-state index is 0.194. The van der Waals surface area contributed by atoms with Crippen LogP contribution in [0.5, 0.6) is 0 Å². The lowest BCUT2D eigenvalue weighted by molar-refractivity contribution is -0.112. The number of anilines is 2. The van der Waals surface area contributed by atoms with E-state index in [0.717, 1.165) is 47.6 Å². The molecule has 0 radical (unpaired) electrons. The van der Waals surface area contributed by atoms with E-state index >= 15 is 0 Å². The number of carbonyl (C=O) groups excluding carboxylic acids is 1. The zero-order valence-electron chi connectivity index (χ0n) is 19.4. The van der Waals surface area contributed by atoms with Crippen molar-refractivity contribution in [1.29, 1.82) is 0 Å². The summed E-state index contributed by atoms with van der Waals surface area (Å²) in [6, 6.07) is 5.81. The Balaban J connectivity index is 1.65. The molecule has 4 rings (SSSR count). The third-order valence-electron chi connectivity index (χ3n) is 6.14. The minimum atomic E-state index is -0.194. The van der Waals surface area contributed by atoms with E-state index in [1.807, 2.05) is 38.3 Å². The summed E-state index contributed by atoms with van der Waals surface area (Å²) >= 11 is 0. The summed E-state index contributed by atoms with van der Waals surface area (Å²) < 4.78 is 2.05. The van der Waals surface area contributed by atoms with E-state index in [2.05, 4.69) is 25.0 Å².